The van der Waals surface area contributed by atoms with Crippen molar-refractivity contribution in [3.8, 4) is 51.8 Å². The topological polar surface area (TPSA) is 104 Å². The van der Waals surface area contributed by atoms with Crippen molar-refractivity contribution in [2.75, 3.05) is 4.90 Å². The lowest BCUT2D eigenvalue weighted by Crippen LogP contribution is -2.57. The van der Waals surface area contributed by atoms with E-state index < -0.39 is 9.84 Å². The highest BCUT2D eigenvalue weighted by molar-refractivity contribution is 7.91. The van der Waals surface area contributed by atoms with E-state index in [0.29, 0.717) is 11.3 Å². The fraction of sp³-hybridized carbons (Fsp3) is 0.0500. The summed E-state index contributed by atoms with van der Waals surface area (Å²) in [6, 6.07) is 111. The fourth-order valence-electron chi connectivity index (χ4n) is 19.5. The van der Waals surface area contributed by atoms with Crippen LogP contribution in [-0.4, -0.2) is 38.0 Å². The van der Waals surface area contributed by atoms with E-state index in [9.17, 15) is 5.26 Å². The van der Waals surface area contributed by atoms with Gasteiger partial charge in [-0.1, -0.05) is 196 Å². The fourth-order valence-corrected chi connectivity index (χ4v) is 20.9. The van der Waals surface area contributed by atoms with Crippen molar-refractivity contribution in [3.05, 3.63) is 350 Å². The number of sulfone groups is 1. The molecule has 113 heavy (non-hydrogen) atoms. The maximum Gasteiger partial charge on any atom is 0.260 e. The molecule has 8 heterocycles. The predicted octanol–water partition coefficient (Wildman–Crippen LogP) is 22.9. The highest BCUT2D eigenvalue weighted by Crippen LogP contribution is 2.54. The van der Waals surface area contributed by atoms with E-state index in [1.54, 1.807) is 30.3 Å². The molecule has 0 fully saturated rings. The van der Waals surface area contributed by atoms with Crippen LogP contribution in [0.3, 0.4) is 0 Å². The van der Waals surface area contributed by atoms with E-state index in [1.165, 1.54) is 11.1 Å². The lowest BCUT2D eigenvalue weighted by atomic mass is 9.35. The molecule has 0 saturated heterocycles. The van der Waals surface area contributed by atoms with Crippen molar-refractivity contribution in [1.82, 2.24) is 22.8 Å². The third-order valence-electron chi connectivity index (χ3n) is 24.3. The van der Waals surface area contributed by atoms with Crippen LogP contribution in [0, 0.1) is 11.3 Å². The molecule has 3 aliphatic heterocycles. The van der Waals surface area contributed by atoms with Gasteiger partial charge in [-0.15, -0.1) is 0 Å². The average Bonchev–Trinajstić information content (AvgIpc) is 1.51. The minimum atomic E-state index is -4.37. The van der Waals surface area contributed by atoms with E-state index >= 15 is 8.42 Å². The van der Waals surface area contributed by atoms with Gasteiger partial charge in [0.05, 0.1) is 88.0 Å². The number of ether oxygens (including phenoxy) is 2. The first kappa shape index (κ1) is 64.7. The zero-order valence-corrected chi connectivity index (χ0v) is 62.7. The molecule has 534 valence electrons. The summed E-state index contributed by atoms with van der Waals surface area (Å²) in [6.45, 7) is 8.96. The maximum absolute atomic E-state index is 16.2. The molecular weight excluding hydrogens is 1410 g/mol. The molecule has 0 aliphatic carbocycles. The second kappa shape index (κ2) is 23.8. The highest BCUT2D eigenvalue weighted by atomic mass is 32.2. The molecule has 0 spiro atoms. The Bertz CT molecular complexity index is 7740. The molecule has 0 bridgehead atoms. The zero-order valence-electron chi connectivity index (χ0n) is 61.9. The van der Waals surface area contributed by atoms with Crippen LogP contribution < -0.4 is 30.8 Å². The summed E-state index contributed by atoms with van der Waals surface area (Å²) in [5.74, 6) is 3.03. The molecule has 0 radical (unpaired) electrons. The van der Waals surface area contributed by atoms with Crippen molar-refractivity contribution in [2.45, 2.75) is 42.9 Å². The van der Waals surface area contributed by atoms with Gasteiger partial charge < -0.3 is 37.2 Å². The Morgan fingerprint density at radius 3 is 1.39 bits per heavy atom. The van der Waals surface area contributed by atoms with Crippen molar-refractivity contribution < 1.29 is 17.9 Å². The Morgan fingerprint density at radius 1 is 0.381 bits per heavy atom. The SMILES string of the molecule is C/C(=C\C=C(/C)n1c2ccccc2c2c1c1c3ccccc3n(-c3cc4c5c(c3)Oc3ccccc3B5c3ccccc3O4)c1c1c3ccccc3n(-c3ccc(S(=O)(=O)c4ccc(C#N)cc4)c(-n4c5ccccc5c5c6c7ccccc7n(-c7ccccc7)c6ccc54)c3)c21)N1c2ccccc2C(C)(C)c2ccccc21. The Balaban J connectivity index is 0.855. The quantitative estimate of drug-likeness (QED) is 0.105. The van der Waals surface area contributed by atoms with Gasteiger partial charge in [0, 0.05) is 111 Å². The smallest absolute Gasteiger partial charge is 0.260 e. The van der Waals surface area contributed by atoms with E-state index in [1.807, 2.05) is 30.3 Å². The summed E-state index contributed by atoms with van der Waals surface area (Å²) in [4.78, 5) is 2.58. The van der Waals surface area contributed by atoms with Crippen molar-refractivity contribution in [2.24, 2.45) is 0 Å². The average molecular weight is 1470 g/mol. The predicted molar refractivity (Wildman–Crippen MR) is 462 cm³/mol. The summed E-state index contributed by atoms with van der Waals surface area (Å²) < 4.78 is 58.6. The molecule has 11 nitrogen and oxygen atoms in total. The third-order valence-corrected chi connectivity index (χ3v) is 26.1. The van der Waals surface area contributed by atoms with Crippen molar-refractivity contribution in [3.63, 3.8) is 0 Å². The third kappa shape index (κ3) is 8.97. The number of benzene rings is 15. The van der Waals surface area contributed by atoms with Gasteiger partial charge in [0.1, 0.15) is 23.0 Å². The second-order valence-corrected chi connectivity index (χ2v) is 32.5. The van der Waals surface area contributed by atoms with Gasteiger partial charge in [-0.05, 0) is 169 Å². The van der Waals surface area contributed by atoms with E-state index in [2.05, 4.69) is 328 Å². The highest BCUT2D eigenvalue weighted by Gasteiger charge is 2.42. The van der Waals surface area contributed by atoms with Crippen LogP contribution in [0.5, 0.6) is 23.0 Å². The van der Waals surface area contributed by atoms with Gasteiger partial charge in [0.2, 0.25) is 9.84 Å². The molecule has 20 aromatic rings. The maximum atomic E-state index is 16.2. The van der Waals surface area contributed by atoms with Crippen LogP contribution >= 0.6 is 0 Å². The normalized spacial score (nSPS) is 13.8. The molecule has 0 saturated carbocycles. The molecule has 0 atom stereocenters. The summed E-state index contributed by atoms with van der Waals surface area (Å²) in [7, 11) is -4.37. The number of aromatic nitrogens is 5. The molecule has 0 unspecified atom stereocenters. The first-order valence-corrected chi connectivity index (χ1v) is 39.8. The van der Waals surface area contributed by atoms with E-state index in [-0.39, 0.29) is 21.9 Å². The number of nitriles is 1. The largest absolute Gasteiger partial charge is 0.458 e. The van der Waals surface area contributed by atoms with Crippen molar-refractivity contribution >= 4 is 159 Å². The number of hydrogen-bond acceptors (Lipinski definition) is 6. The number of allylic oxidation sites excluding steroid dienone is 4. The molecule has 5 aromatic heterocycles. The lowest BCUT2D eigenvalue weighted by Gasteiger charge is -2.42. The molecule has 13 heteroatoms. The van der Waals surface area contributed by atoms with Crippen LogP contribution in [0.2, 0.25) is 0 Å². The first-order valence-electron chi connectivity index (χ1n) is 38.3. The van der Waals surface area contributed by atoms with Crippen LogP contribution in [-0.2, 0) is 15.3 Å². The lowest BCUT2D eigenvalue weighted by molar-refractivity contribution is 0.464. The number of fused-ring (bicyclic) bond motifs is 25. The van der Waals surface area contributed by atoms with Gasteiger partial charge in [0.25, 0.3) is 6.71 Å². The zero-order chi connectivity index (χ0) is 75.4. The van der Waals surface area contributed by atoms with Gasteiger partial charge in [-0.2, -0.15) is 5.26 Å². The van der Waals surface area contributed by atoms with Gasteiger partial charge >= 0.3 is 0 Å². The Morgan fingerprint density at radius 2 is 0.823 bits per heavy atom. The minimum absolute atomic E-state index is 0.0697. The van der Waals surface area contributed by atoms with E-state index in [0.717, 1.165) is 188 Å². The molecule has 15 aromatic carbocycles. The number of nitrogens with zero attached hydrogens (tertiary/aromatic N) is 7. The number of hydrogen-bond donors (Lipinski definition) is 0. The summed E-state index contributed by atoms with van der Waals surface area (Å²) in [6.07, 6.45) is 4.56. The molecule has 3 aliphatic rings. The van der Waals surface area contributed by atoms with Gasteiger partial charge in [-0.3, -0.25) is 0 Å². The van der Waals surface area contributed by atoms with Gasteiger partial charge in [-0.25, -0.2) is 8.42 Å². The Kier molecular flexibility index (Phi) is 13.6. The van der Waals surface area contributed by atoms with Gasteiger partial charge in [0.15, 0.2) is 0 Å². The van der Waals surface area contributed by atoms with Crippen LogP contribution in [0.1, 0.15) is 44.4 Å². The second-order valence-electron chi connectivity index (χ2n) is 30.6. The Hall–Kier alpha value is -14.3. The molecule has 23 rings (SSSR count). The summed E-state index contributed by atoms with van der Waals surface area (Å²) in [5, 5.41) is 20.3. The van der Waals surface area contributed by atoms with E-state index in [4.69, 9.17) is 9.47 Å². The minimum Gasteiger partial charge on any atom is -0.458 e. The molecular formula is C100H66BN7O4S. The molecule has 0 N–H and O–H groups in total. The van der Waals surface area contributed by atoms with Crippen LogP contribution in [0.15, 0.2) is 343 Å². The number of anilines is 2. The van der Waals surface area contributed by atoms with Crippen LogP contribution in [0.4, 0.5) is 11.4 Å². The first-order chi connectivity index (χ1) is 55.4. The Labute approximate surface area is 650 Å². The summed E-state index contributed by atoms with van der Waals surface area (Å²) in [5.41, 5.74) is 22.8. The van der Waals surface area contributed by atoms with Crippen molar-refractivity contribution in [1.29, 1.82) is 5.26 Å². The van der Waals surface area contributed by atoms with Crippen LogP contribution in [0.25, 0.3) is 137 Å². The standard InChI is InChI=1S/C100H66BN7O4S/c1-60(103-81-42-22-13-33-72(81)100(3,4)73-34-14-23-43-82(73)103)46-47-61(2)104-76-37-17-10-30-69(76)93-97(104)94-71-32-12-20-40-79(71)107(65-57-88-96-89(58-65)112-87-45-25-16-36-75(87)101(96)74-35-15-24-44-86(74)111-88)99(94)95-70-31-11-19-39-78(70)106(98(93)95)64-50-55-90(113(109,110)66-51-48-62(59-102)49-52-66)85(56-64)108-80-41-21-9-29-68(80)92-84(108)54-53-83-91(92)67-28-8-18-38-77(67)105(83)63-26-6-5-7-27-63/h5-58H,1-4H3/b60-46+,61-47+. The number of para-hydroxylation sites is 10. The monoisotopic (exact) mass is 1470 g/mol. The summed E-state index contributed by atoms with van der Waals surface area (Å²) >= 11 is 0. The number of rotatable bonds is 9. The molecule has 0 amide bonds.